The van der Waals surface area contributed by atoms with Gasteiger partial charge in [0.05, 0.1) is 16.7 Å². The molecule has 1 aromatic carbocycles. The Hall–Kier alpha value is -1.82. The Morgan fingerprint density at radius 1 is 1.33 bits per heavy atom. The Labute approximate surface area is 146 Å². The maximum atomic E-state index is 12.7. The third kappa shape index (κ3) is 4.60. The van der Waals surface area contributed by atoms with Crippen LogP contribution in [0.5, 0.6) is 0 Å². The number of para-hydroxylation sites is 1. The molecular formula is C18H25N3O2S. The monoisotopic (exact) mass is 347 g/mol. The highest BCUT2D eigenvalue weighted by Crippen LogP contribution is 2.18. The lowest BCUT2D eigenvalue weighted by molar-refractivity contribution is -0.119. The zero-order chi connectivity index (χ0) is 17.5. The highest BCUT2D eigenvalue weighted by molar-refractivity contribution is 7.99. The molecule has 1 amide bonds. The number of hydrogen-bond acceptors (Lipinski definition) is 4. The average molecular weight is 347 g/mol. The fraction of sp³-hybridized carbons (Fsp3) is 0.500. The van der Waals surface area contributed by atoms with E-state index in [-0.39, 0.29) is 23.3 Å². The molecule has 0 radical (unpaired) electrons. The number of benzene rings is 1. The van der Waals surface area contributed by atoms with Crippen LogP contribution in [0.15, 0.2) is 34.2 Å². The molecule has 1 aromatic heterocycles. The number of nitrogens with zero attached hydrogens (tertiary/aromatic N) is 2. The first-order chi connectivity index (χ1) is 11.6. The van der Waals surface area contributed by atoms with Crippen molar-refractivity contribution in [2.45, 2.75) is 57.8 Å². The smallest absolute Gasteiger partial charge is 0.262 e. The van der Waals surface area contributed by atoms with Crippen LogP contribution in [0.2, 0.25) is 0 Å². The number of aromatic nitrogens is 2. The van der Waals surface area contributed by atoms with Gasteiger partial charge < -0.3 is 5.32 Å². The summed E-state index contributed by atoms with van der Waals surface area (Å²) in [7, 11) is 0. The molecular weight excluding hydrogens is 322 g/mol. The molecule has 1 atom stereocenters. The lowest BCUT2D eigenvalue weighted by Gasteiger charge is -2.14. The van der Waals surface area contributed by atoms with Crippen LogP contribution in [-0.4, -0.2) is 27.3 Å². The number of rotatable bonds is 8. The van der Waals surface area contributed by atoms with Gasteiger partial charge in [0.15, 0.2) is 5.16 Å². The van der Waals surface area contributed by atoms with Crippen LogP contribution in [0.1, 0.15) is 40.0 Å². The van der Waals surface area contributed by atoms with Crippen molar-refractivity contribution in [2.24, 2.45) is 0 Å². The summed E-state index contributed by atoms with van der Waals surface area (Å²) in [5.74, 6) is 0.236. The number of carbonyl (C=O) groups excluding carboxylic acids is 1. The molecule has 0 aliphatic heterocycles. The minimum atomic E-state index is -0.0289. The SMILES string of the molecule is CCCCn1c(SCC(=O)N[C@@H](C)CC)nc2ccccc2c1=O. The van der Waals surface area contributed by atoms with E-state index in [0.29, 0.717) is 22.6 Å². The minimum Gasteiger partial charge on any atom is -0.353 e. The zero-order valence-corrected chi connectivity index (χ0v) is 15.4. The topological polar surface area (TPSA) is 64.0 Å². The Morgan fingerprint density at radius 2 is 2.08 bits per heavy atom. The molecule has 130 valence electrons. The second-order valence-corrected chi connectivity index (χ2v) is 6.83. The summed E-state index contributed by atoms with van der Waals surface area (Å²) in [6.07, 6.45) is 2.80. The van der Waals surface area contributed by atoms with Crippen molar-refractivity contribution < 1.29 is 4.79 Å². The molecule has 0 fully saturated rings. The Balaban J connectivity index is 2.26. The van der Waals surface area contributed by atoms with Crippen LogP contribution in [0.25, 0.3) is 10.9 Å². The van der Waals surface area contributed by atoms with Crippen molar-refractivity contribution in [1.29, 1.82) is 0 Å². The largest absolute Gasteiger partial charge is 0.353 e. The highest BCUT2D eigenvalue weighted by atomic mass is 32.2. The maximum absolute atomic E-state index is 12.7. The number of nitrogens with one attached hydrogen (secondary N) is 1. The van der Waals surface area contributed by atoms with Gasteiger partial charge in [0.25, 0.3) is 5.56 Å². The van der Waals surface area contributed by atoms with E-state index in [2.05, 4.69) is 17.2 Å². The van der Waals surface area contributed by atoms with E-state index >= 15 is 0 Å². The highest BCUT2D eigenvalue weighted by Gasteiger charge is 2.13. The van der Waals surface area contributed by atoms with E-state index in [1.165, 1.54) is 11.8 Å². The first-order valence-corrected chi connectivity index (χ1v) is 9.47. The number of unbranched alkanes of at least 4 members (excludes halogenated alkanes) is 1. The van der Waals surface area contributed by atoms with Gasteiger partial charge >= 0.3 is 0 Å². The number of carbonyl (C=O) groups is 1. The summed E-state index contributed by atoms with van der Waals surface area (Å²) >= 11 is 1.33. The van der Waals surface area contributed by atoms with Gasteiger partial charge in [-0.05, 0) is 31.9 Å². The van der Waals surface area contributed by atoms with Crippen molar-refractivity contribution >= 4 is 28.6 Å². The molecule has 2 aromatic rings. The van der Waals surface area contributed by atoms with Gasteiger partial charge in [0.2, 0.25) is 5.91 Å². The molecule has 5 nitrogen and oxygen atoms in total. The van der Waals surface area contributed by atoms with Crippen LogP contribution in [0, 0.1) is 0 Å². The summed E-state index contributed by atoms with van der Waals surface area (Å²) in [4.78, 5) is 29.4. The standard InChI is InChI=1S/C18H25N3O2S/c1-4-6-11-21-17(23)14-9-7-8-10-15(14)20-18(21)24-12-16(22)19-13(3)5-2/h7-10,13H,4-6,11-12H2,1-3H3,(H,19,22)/t13-/m0/s1. The van der Waals surface area contributed by atoms with Gasteiger partial charge in [0, 0.05) is 12.6 Å². The first-order valence-electron chi connectivity index (χ1n) is 8.48. The van der Waals surface area contributed by atoms with Crippen LogP contribution in [0.4, 0.5) is 0 Å². The summed E-state index contributed by atoms with van der Waals surface area (Å²) in [5.41, 5.74) is 0.652. The number of thioether (sulfide) groups is 1. The fourth-order valence-electron chi connectivity index (χ4n) is 2.32. The third-order valence-electron chi connectivity index (χ3n) is 3.91. The van der Waals surface area contributed by atoms with E-state index in [1.54, 1.807) is 10.6 Å². The third-order valence-corrected chi connectivity index (χ3v) is 4.89. The molecule has 1 N–H and O–H groups in total. The molecule has 0 bridgehead atoms. The number of fused-ring (bicyclic) bond motifs is 1. The van der Waals surface area contributed by atoms with E-state index in [0.717, 1.165) is 19.3 Å². The molecule has 0 saturated carbocycles. The number of hydrogen-bond donors (Lipinski definition) is 1. The summed E-state index contributed by atoms with van der Waals surface area (Å²) in [6.45, 7) is 6.73. The molecule has 1 heterocycles. The van der Waals surface area contributed by atoms with Gasteiger partial charge in [0.1, 0.15) is 0 Å². The minimum absolute atomic E-state index is 0.0288. The summed E-state index contributed by atoms with van der Waals surface area (Å²) in [5, 5.41) is 4.18. The van der Waals surface area contributed by atoms with Gasteiger partial charge in [-0.1, -0.05) is 44.2 Å². The van der Waals surface area contributed by atoms with E-state index < -0.39 is 0 Å². The zero-order valence-electron chi connectivity index (χ0n) is 14.5. The van der Waals surface area contributed by atoms with E-state index in [4.69, 9.17) is 0 Å². The molecule has 0 aliphatic rings. The maximum Gasteiger partial charge on any atom is 0.262 e. The average Bonchev–Trinajstić information content (AvgIpc) is 2.59. The lowest BCUT2D eigenvalue weighted by Crippen LogP contribution is -2.33. The summed E-state index contributed by atoms with van der Waals surface area (Å²) in [6, 6.07) is 7.52. The molecule has 24 heavy (non-hydrogen) atoms. The molecule has 0 saturated heterocycles. The molecule has 0 aliphatic carbocycles. The quantitative estimate of drug-likeness (QED) is 0.588. The van der Waals surface area contributed by atoms with Crippen LogP contribution in [0.3, 0.4) is 0 Å². The first kappa shape index (κ1) is 18.5. The predicted molar refractivity (Wildman–Crippen MR) is 99.5 cm³/mol. The fourth-order valence-corrected chi connectivity index (χ4v) is 3.16. The molecule has 0 unspecified atom stereocenters. The summed E-state index contributed by atoms with van der Waals surface area (Å²) < 4.78 is 1.70. The molecule has 2 rings (SSSR count). The second kappa shape index (κ2) is 8.87. The van der Waals surface area contributed by atoms with Crippen LogP contribution >= 0.6 is 11.8 Å². The van der Waals surface area contributed by atoms with Crippen LogP contribution in [-0.2, 0) is 11.3 Å². The Bertz CT molecular complexity index is 758. The normalized spacial score (nSPS) is 12.3. The van der Waals surface area contributed by atoms with E-state index in [1.807, 2.05) is 32.0 Å². The van der Waals surface area contributed by atoms with Crippen molar-refractivity contribution in [3.8, 4) is 0 Å². The second-order valence-electron chi connectivity index (χ2n) is 5.89. The molecule has 6 heteroatoms. The van der Waals surface area contributed by atoms with Gasteiger partial charge in [-0.3, -0.25) is 14.2 Å². The van der Waals surface area contributed by atoms with Gasteiger partial charge in [-0.2, -0.15) is 0 Å². The van der Waals surface area contributed by atoms with Crippen LogP contribution < -0.4 is 10.9 Å². The van der Waals surface area contributed by atoms with E-state index in [9.17, 15) is 9.59 Å². The number of amides is 1. The Morgan fingerprint density at radius 3 is 2.79 bits per heavy atom. The Kier molecular flexibility index (Phi) is 6.85. The van der Waals surface area contributed by atoms with Crippen molar-refractivity contribution in [3.63, 3.8) is 0 Å². The molecule has 0 spiro atoms. The van der Waals surface area contributed by atoms with Gasteiger partial charge in [-0.15, -0.1) is 0 Å². The lowest BCUT2D eigenvalue weighted by atomic mass is 10.2. The predicted octanol–water partition coefficient (Wildman–Crippen LogP) is 3.20. The van der Waals surface area contributed by atoms with Crippen molar-refractivity contribution in [1.82, 2.24) is 14.9 Å². The van der Waals surface area contributed by atoms with Gasteiger partial charge in [-0.25, -0.2) is 4.98 Å². The van der Waals surface area contributed by atoms with Crippen molar-refractivity contribution in [2.75, 3.05) is 5.75 Å². The van der Waals surface area contributed by atoms with Crippen molar-refractivity contribution in [3.05, 3.63) is 34.6 Å².